The van der Waals surface area contributed by atoms with Crippen LogP contribution in [0.1, 0.15) is 19.3 Å². The molecule has 0 spiro atoms. The second kappa shape index (κ2) is 7.60. The number of ether oxygens (including phenoxy) is 2. The Morgan fingerprint density at radius 1 is 1.38 bits per heavy atom. The summed E-state index contributed by atoms with van der Waals surface area (Å²) in [5.41, 5.74) is 0. The van der Waals surface area contributed by atoms with Crippen LogP contribution >= 0.6 is 0 Å². The maximum atomic E-state index is 11.2. The number of carbonyl (C=O) groups is 1. The highest BCUT2D eigenvalue weighted by Crippen LogP contribution is 2.13. The Morgan fingerprint density at radius 3 is 2.62 bits per heavy atom. The first-order chi connectivity index (χ1) is 7.77. The second-order valence-corrected chi connectivity index (χ2v) is 3.96. The van der Waals surface area contributed by atoms with Crippen molar-refractivity contribution in [3.63, 3.8) is 0 Å². The van der Waals surface area contributed by atoms with Gasteiger partial charge in [-0.2, -0.15) is 0 Å². The maximum Gasteiger partial charge on any atom is 0.248 e. The van der Waals surface area contributed by atoms with E-state index in [0.717, 1.165) is 25.9 Å². The first-order valence-corrected chi connectivity index (χ1v) is 5.77. The summed E-state index contributed by atoms with van der Waals surface area (Å²) in [4.78, 5) is 12.9. The van der Waals surface area contributed by atoms with Crippen LogP contribution in [-0.4, -0.2) is 62.0 Å². The smallest absolute Gasteiger partial charge is 0.248 e. The fraction of sp³-hybridized carbons (Fsp3) is 0.909. The summed E-state index contributed by atoms with van der Waals surface area (Å²) in [6.45, 7) is 2.43. The fourth-order valence-electron chi connectivity index (χ4n) is 1.83. The van der Waals surface area contributed by atoms with Crippen LogP contribution in [0, 0.1) is 0 Å². The lowest BCUT2D eigenvalue weighted by Gasteiger charge is -2.31. The molecule has 0 aromatic carbocycles. The minimum atomic E-state index is -0.390. The van der Waals surface area contributed by atoms with E-state index >= 15 is 0 Å². The van der Waals surface area contributed by atoms with Gasteiger partial charge >= 0.3 is 0 Å². The van der Waals surface area contributed by atoms with Gasteiger partial charge < -0.3 is 19.5 Å². The number of carbonyl (C=O) groups excluding carboxylic acids is 1. The van der Waals surface area contributed by atoms with Gasteiger partial charge in [0.25, 0.3) is 0 Å². The van der Waals surface area contributed by atoms with Gasteiger partial charge in [-0.1, -0.05) is 0 Å². The Balaban J connectivity index is 2.10. The number of amides is 1. The number of likely N-dealkylation sites (tertiary alicyclic amines) is 1. The third-order valence-corrected chi connectivity index (χ3v) is 2.78. The molecule has 0 aromatic heterocycles. The standard InChI is InChI=1S/C11H21NO4/c1-15-7-2-8-16-10-3-5-12(6-4-10)11(14)9-13/h10,13H,2-9H2,1H3. The second-order valence-electron chi connectivity index (χ2n) is 3.96. The van der Waals surface area contributed by atoms with Gasteiger partial charge in [0.15, 0.2) is 0 Å². The number of methoxy groups -OCH3 is 1. The van der Waals surface area contributed by atoms with Gasteiger partial charge in [0.05, 0.1) is 6.10 Å². The summed E-state index contributed by atoms with van der Waals surface area (Å²) < 4.78 is 10.6. The van der Waals surface area contributed by atoms with E-state index < -0.39 is 0 Å². The SMILES string of the molecule is COCCCOC1CCN(C(=O)CO)CC1. The lowest BCUT2D eigenvalue weighted by Crippen LogP contribution is -2.42. The third kappa shape index (κ3) is 4.47. The van der Waals surface area contributed by atoms with E-state index in [1.807, 2.05) is 0 Å². The molecule has 1 N–H and O–H groups in total. The van der Waals surface area contributed by atoms with Crippen molar-refractivity contribution in [2.75, 3.05) is 40.0 Å². The van der Waals surface area contributed by atoms with Crippen LogP contribution in [0.3, 0.4) is 0 Å². The molecule has 5 nitrogen and oxygen atoms in total. The molecule has 1 saturated heterocycles. The number of hydrogen-bond acceptors (Lipinski definition) is 4. The fourth-order valence-corrected chi connectivity index (χ4v) is 1.83. The van der Waals surface area contributed by atoms with Crippen LogP contribution in [0.5, 0.6) is 0 Å². The maximum absolute atomic E-state index is 11.2. The first-order valence-electron chi connectivity index (χ1n) is 5.77. The van der Waals surface area contributed by atoms with Gasteiger partial charge in [0.1, 0.15) is 6.61 Å². The number of aliphatic hydroxyl groups excluding tert-OH is 1. The van der Waals surface area contributed by atoms with Crippen LogP contribution in [-0.2, 0) is 14.3 Å². The number of aliphatic hydroxyl groups is 1. The van der Waals surface area contributed by atoms with Crippen LogP contribution in [0.2, 0.25) is 0 Å². The van der Waals surface area contributed by atoms with E-state index in [1.165, 1.54) is 0 Å². The zero-order chi connectivity index (χ0) is 11.8. The zero-order valence-electron chi connectivity index (χ0n) is 9.85. The first kappa shape index (κ1) is 13.4. The van der Waals surface area contributed by atoms with Crippen molar-refractivity contribution in [3.8, 4) is 0 Å². The Labute approximate surface area is 96.3 Å². The molecule has 0 bridgehead atoms. The van der Waals surface area contributed by atoms with E-state index in [-0.39, 0.29) is 18.6 Å². The minimum absolute atomic E-state index is 0.183. The molecule has 5 heteroatoms. The molecule has 1 amide bonds. The van der Waals surface area contributed by atoms with E-state index in [0.29, 0.717) is 19.7 Å². The monoisotopic (exact) mass is 231 g/mol. The molecular weight excluding hydrogens is 210 g/mol. The lowest BCUT2D eigenvalue weighted by molar-refractivity contribution is -0.136. The molecule has 1 heterocycles. The van der Waals surface area contributed by atoms with Crippen molar-refractivity contribution in [2.24, 2.45) is 0 Å². The summed E-state index contributed by atoms with van der Waals surface area (Å²) in [6.07, 6.45) is 2.88. The molecule has 1 rings (SSSR count). The topological polar surface area (TPSA) is 59.0 Å². The Kier molecular flexibility index (Phi) is 6.37. The van der Waals surface area contributed by atoms with Crippen molar-refractivity contribution in [1.29, 1.82) is 0 Å². The van der Waals surface area contributed by atoms with Crippen LogP contribution in [0.15, 0.2) is 0 Å². The molecule has 16 heavy (non-hydrogen) atoms. The number of hydrogen-bond donors (Lipinski definition) is 1. The van der Waals surface area contributed by atoms with Crippen molar-refractivity contribution < 1.29 is 19.4 Å². The van der Waals surface area contributed by atoms with E-state index in [1.54, 1.807) is 12.0 Å². The van der Waals surface area contributed by atoms with Gasteiger partial charge in [0, 0.05) is 33.4 Å². The van der Waals surface area contributed by atoms with E-state index in [9.17, 15) is 4.79 Å². The average Bonchev–Trinajstić information content (AvgIpc) is 2.34. The largest absolute Gasteiger partial charge is 0.387 e. The predicted molar refractivity (Wildman–Crippen MR) is 59.1 cm³/mol. The summed E-state index contributed by atoms with van der Waals surface area (Å²) >= 11 is 0. The third-order valence-electron chi connectivity index (χ3n) is 2.78. The summed E-state index contributed by atoms with van der Waals surface area (Å²) in [5, 5.41) is 8.72. The predicted octanol–water partition coefficient (Wildman–Crippen LogP) is 0.0228. The summed E-state index contributed by atoms with van der Waals surface area (Å²) in [6, 6.07) is 0. The van der Waals surface area contributed by atoms with Crippen molar-refractivity contribution in [2.45, 2.75) is 25.4 Å². The Hall–Kier alpha value is -0.650. The molecule has 0 radical (unpaired) electrons. The highest BCUT2D eigenvalue weighted by molar-refractivity contribution is 5.77. The van der Waals surface area contributed by atoms with E-state index in [4.69, 9.17) is 14.6 Å². The molecule has 0 atom stereocenters. The molecule has 94 valence electrons. The van der Waals surface area contributed by atoms with Gasteiger partial charge in [-0.05, 0) is 19.3 Å². The molecule has 1 aliphatic heterocycles. The quantitative estimate of drug-likeness (QED) is 0.655. The average molecular weight is 231 g/mol. The Morgan fingerprint density at radius 2 is 2.06 bits per heavy atom. The van der Waals surface area contributed by atoms with Gasteiger partial charge in [0.2, 0.25) is 5.91 Å². The number of piperidine rings is 1. The van der Waals surface area contributed by atoms with Crippen molar-refractivity contribution in [3.05, 3.63) is 0 Å². The van der Waals surface area contributed by atoms with E-state index in [2.05, 4.69) is 0 Å². The molecule has 0 saturated carbocycles. The molecule has 0 aromatic rings. The zero-order valence-corrected chi connectivity index (χ0v) is 9.85. The molecule has 0 unspecified atom stereocenters. The highest BCUT2D eigenvalue weighted by atomic mass is 16.5. The van der Waals surface area contributed by atoms with Crippen LogP contribution in [0.4, 0.5) is 0 Å². The minimum Gasteiger partial charge on any atom is -0.387 e. The lowest BCUT2D eigenvalue weighted by atomic mass is 10.1. The normalized spacial score (nSPS) is 17.8. The van der Waals surface area contributed by atoms with Gasteiger partial charge in [-0.3, -0.25) is 4.79 Å². The molecule has 1 aliphatic rings. The molecular formula is C11H21NO4. The Bertz CT molecular complexity index is 202. The van der Waals surface area contributed by atoms with Crippen molar-refractivity contribution >= 4 is 5.91 Å². The molecule has 1 fully saturated rings. The number of rotatable bonds is 6. The highest BCUT2D eigenvalue weighted by Gasteiger charge is 2.22. The summed E-state index contributed by atoms with van der Waals surface area (Å²) in [5.74, 6) is -0.183. The summed E-state index contributed by atoms with van der Waals surface area (Å²) in [7, 11) is 1.68. The van der Waals surface area contributed by atoms with Gasteiger partial charge in [-0.15, -0.1) is 0 Å². The van der Waals surface area contributed by atoms with Gasteiger partial charge in [-0.25, -0.2) is 0 Å². The molecule has 0 aliphatic carbocycles. The number of nitrogens with zero attached hydrogens (tertiary/aromatic N) is 1. The van der Waals surface area contributed by atoms with Crippen LogP contribution in [0.25, 0.3) is 0 Å². The van der Waals surface area contributed by atoms with Crippen molar-refractivity contribution in [1.82, 2.24) is 4.90 Å². The van der Waals surface area contributed by atoms with Crippen LogP contribution < -0.4 is 0 Å².